The molecule has 0 aromatic heterocycles. The second-order valence-electron chi connectivity index (χ2n) is 4.20. The number of rotatable bonds is 5. The van der Waals surface area contributed by atoms with Gasteiger partial charge in [-0.3, -0.25) is 14.8 Å². The molecular formula is C13H11BrN2O5S. The standard InChI is InChI=1S/C13H11BrN2O5S/c1-21-10-4-2-9(3-5-10)15-22(19,20)11-6-7-12(14)13(8-11)16(17)18/h2-8,15H,1H3. The molecule has 0 atom stereocenters. The zero-order valence-corrected chi connectivity index (χ0v) is 13.7. The van der Waals surface area contributed by atoms with Gasteiger partial charge in [-0.1, -0.05) is 0 Å². The van der Waals surface area contributed by atoms with E-state index < -0.39 is 14.9 Å². The summed E-state index contributed by atoms with van der Waals surface area (Å²) in [7, 11) is -2.42. The van der Waals surface area contributed by atoms with Crippen LogP contribution in [0.1, 0.15) is 0 Å². The van der Waals surface area contributed by atoms with E-state index in [0.29, 0.717) is 11.4 Å². The minimum absolute atomic E-state index is 0.196. The normalized spacial score (nSPS) is 11.0. The van der Waals surface area contributed by atoms with Crippen molar-refractivity contribution in [2.75, 3.05) is 11.8 Å². The van der Waals surface area contributed by atoms with E-state index in [1.807, 2.05) is 0 Å². The second kappa shape index (κ2) is 6.32. The summed E-state index contributed by atoms with van der Waals surface area (Å²) in [6, 6.07) is 9.86. The Kier molecular flexibility index (Phi) is 4.67. The lowest BCUT2D eigenvalue weighted by Crippen LogP contribution is -2.13. The third-order valence-corrected chi connectivity index (χ3v) is 4.82. The average molecular weight is 387 g/mol. The van der Waals surface area contributed by atoms with Crippen LogP contribution >= 0.6 is 15.9 Å². The maximum Gasteiger partial charge on any atom is 0.284 e. The molecule has 9 heteroatoms. The van der Waals surface area contributed by atoms with E-state index in [-0.39, 0.29) is 15.1 Å². The van der Waals surface area contributed by atoms with Gasteiger partial charge < -0.3 is 4.74 Å². The molecule has 0 aliphatic rings. The molecule has 22 heavy (non-hydrogen) atoms. The van der Waals surface area contributed by atoms with E-state index in [9.17, 15) is 18.5 Å². The summed E-state index contributed by atoms with van der Waals surface area (Å²) in [6.45, 7) is 0. The quantitative estimate of drug-likeness (QED) is 0.628. The number of methoxy groups -OCH3 is 1. The number of ether oxygens (including phenoxy) is 1. The number of nitrogens with zero attached hydrogens (tertiary/aromatic N) is 1. The van der Waals surface area contributed by atoms with Gasteiger partial charge in [-0.2, -0.15) is 0 Å². The highest BCUT2D eigenvalue weighted by Gasteiger charge is 2.20. The van der Waals surface area contributed by atoms with Crippen LogP contribution in [0.15, 0.2) is 51.8 Å². The number of anilines is 1. The molecule has 0 bridgehead atoms. The number of nitrogens with one attached hydrogen (secondary N) is 1. The monoisotopic (exact) mass is 386 g/mol. The second-order valence-corrected chi connectivity index (χ2v) is 6.74. The Morgan fingerprint density at radius 2 is 1.82 bits per heavy atom. The molecule has 0 fully saturated rings. The third-order valence-electron chi connectivity index (χ3n) is 2.77. The smallest absolute Gasteiger partial charge is 0.284 e. The molecule has 0 unspecified atom stereocenters. The molecule has 2 aromatic carbocycles. The van der Waals surface area contributed by atoms with Crippen LogP contribution in [0, 0.1) is 10.1 Å². The van der Waals surface area contributed by atoms with Gasteiger partial charge in [0.15, 0.2) is 0 Å². The third kappa shape index (κ3) is 3.55. The van der Waals surface area contributed by atoms with Crippen LogP contribution in [0.25, 0.3) is 0 Å². The first-order valence-corrected chi connectivity index (χ1v) is 8.22. The lowest BCUT2D eigenvalue weighted by molar-refractivity contribution is -0.385. The highest BCUT2D eigenvalue weighted by molar-refractivity contribution is 9.10. The minimum Gasteiger partial charge on any atom is -0.497 e. The van der Waals surface area contributed by atoms with Crippen molar-refractivity contribution in [2.24, 2.45) is 0 Å². The van der Waals surface area contributed by atoms with Crippen LogP contribution in [-0.4, -0.2) is 20.5 Å². The summed E-state index contributed by atoms with van der Waals surface area (Å²) in [4.78, 5) is 10.0. The molecule has 0 amide bonds. The molecule has 2 aromatic rings. The summed E-state index contributed by atoms with van der Waals surface area (Å²) in [5.74, 6) is 0.585. The van der Waals surface area contributed by atoms with E-state index in [1.165, 1.54) is 31.4 Å². The maximum absolute atomic E-state index is 12.3. The Labute approximate surface area is 135 Å². The van der Waals surface area contributed by atoms with Gasteiger partial charge in [0, 0.05) is 11.8 Å². The molecule has 0 aliphatic heterocycles. The number of benzene rings is 2. The van der Waals surface area contributed by atoms with Gasteiger partial charge in [-0.15, -0.1) is 0 Å². The summed E-state index contributed by atoms with van der Waals surface area (Å²) >= 11 is 3.01. The number of hydrogen-bond acceptors (Lipinski definition) is 5. The van der Waals surface area contributed by atoms with Crippen LogP contribution in [0.4, 0.5) is 11.4 Å². The zero-order chi connectivity index (χ0) is 16.3. The number of nitro groups is 1. The molecule has 0 aliphatic carbocycles. The number of hydrogen-bond donors (Lipinski definition) is 1. The average Bonchev–Trinajstić information content (AvgIpc) is 2.47. The van der Waals surface area contributed by atoms with Crippen molar-refractivity contribution in [1.82, 2.24) is 0 Å². The molecular weight excluding hydrogens is 376 g/mol. The summed E-state index contributed by atoms with van der Waals surface area (Å²) < 4.78 is 32.1. The Hall–Kier alpha value is -2.13. The predicted molar refractivity (Wildman–Crippen MR) is 84.6 cm³/mol. The topological polar surface area (TPSA) is 98.5 Å². The van der Waals surface area contributed by atoms with Crippen molar-refractivity contribution in [3.8, 4) is 5.75 Å². The Balaban J connectivity index is 2.33. The van der Waals surface area contributed by atoms with Crippen molar-refractivity contribution in [1.29, 1.82) is 0 Å². The van der Waals surface area contributed by atoms with Crippen LogP contribution in [0.2, 0.25) is 0 Å². The van der Waals surface area contributed by atoms with Crippen LogP contribution in [0.5, 0.6) is 5.75 Å². The minimum atomic E-state index is -3.92. The summed E-state index contributed by atoms with van der Waals surface area (Å²) in [6.07, 6.45) is 0. The fourth-order valence-electron chi connectivity index (χ4n) is 1.67. The van der Waals surface area contributed by atoms with Gasteiger partial charge in [-0.25, -0.2) is 8.42 Å². The molecule has 116 valence electrons. The largest absolute Gasteiger partial charge is 0.497 e. The lowest BCUT2D eigenvalue weighted by Gasteiger charge is -2.09. The first-order valence-electron chi connectivity index (χ1n) is 5.94. The SMILES string of the molecule is COc1ccc(NS(=O)(=O)c2ccc(Br)c([N+](=O)[O-])c2)cc1. The predicted octanol–water partition coefficient (Wildman–Crippen LogP) is 3.17. The van der Waals surface area contributed by atoms with Crippen molar-refractivity contribution in [3.05, 3.63) is 57.1 Å². The van der Waals surface area contributed by atoms with Crippen molar-refractivity contribution in [2.45, 2.75) is 4.90 Å². The highest BCUT2D eigenvalue weighted by Crippen LogP contribution is 2.28. The van der Waals surface area contributed by atoms with Crippen molar-refractivity contribution < 1.29 is 18.1 Å². The molecule has 7 nitrogen and oxygen atoms in total. The van der Waals surface area contributed by atoms with Gasteiger partial charge in [-0.05, 0) is 52.3 Å². The molecule has 0 heterocycles. The number of sulfonamides is 1. The Morgan fingerprint density at radius 3 is 2.36 bits per heavy atom. The zero-order valence-electron chi connectivity index (χ0n) is 11.3. The van der Waals surface area contributed by atoms with Crippen LogP contribution in [-0.2, 0) is 10.0 Å². The molecule has 1 N–H and O–H groups in total. The van der Waals surface area contributed by atoms with Gasteiger partial charge >= 0.3 is 0 Å². The molecule has 0 saturated heterocycles. The lowest BCUT2D eigenvalue weighted by atomic mass is 10.3. The van der Waals surface area contributed by atoms with E-state index in [0.717, 1.165) is 6.07 Å². The highest BCUT2D eigenvalue weighted by atomic mass is 79.9. The molecule has 0 saturated carbocycles. The fourth-order valence-corrected chi connectivity index (χ4v) is 3.14. The fraction of sp³-hybridized carbons (Fsp3) is 0.0769. The summed E-state index contributed by atoms with van der Waals surface area (Å²) in [5.41, 5.74) is 0.00368. The van der Waals surface area contributed by atoms with E-state index in [4.69, 9.17) is 4.74 Å². The molecule has 2 rings (SSSR count). The van der Waals surface area contributed by atoms with Crippen LogP contribution < -0.4 is 9.46 Å². The number of halogens is 1. The van der Waals surface area contributed by atoms with Gasteiger partial charge in [0.25, 0.3) is 15.7 Å². The molecule has 0 spiro atoms. The van der Waals surface area contributed by atoms with Crippen molar-refractivity contribution in [3.63, 3.8) is 0 Å². The van der Waals surface area contributed by atoms with Gasteiger partial charge in [0.05, 0.1) is 21.4 Å². The van der Waals surface area contributed by atoms with E-state index in [2.05, 4.69) is 20.7 Å². The van der Waals surface area contributed by atoms with E-state index in [1.54, 1.807) is 12.1 Å². The van der Waals surface area contributed by atoms with Crippen LogP contribution in [0.3, 0.4) is 0 Å². The van der Waals surface area contributed by atoms with Crippen molar-refractivity contribution >= 4 is 37.3 Å². The maximum atomic E-state index is 12.3. The van der Waals surface area contributed by atoms with Gasteiger partial charge in [0.1, 0.15) is 5.75 Å². The Bertz CT molecular complexity index is 806. The van der Waals surface area contributed by atoms with Gasteiger partial charge in [0.2, 0.25) is 0 Å². The first-order chi connectivity index (χ1) is 10.3. The number of nitro benzene ring substituents is 1. The van der Waals surface area contributed by atoms with E-state index >= 15 is 0 Å². The Morgan fingerprint density at radius 1 is 1.18 bits per heavy atom. The molecule has 0 radical (unpaired) electrons. The first kappa shape index (κ1) is 16.2. The summed E-state index contributed by atoms with van der Waals surface area (Å²) in [5, 5.41) is 10.9.